The van der Waals surface area contributed by atoms with Crippen LogP contribution in [0.2, 0.25) is 0 Å². The predicted molar refractivity (Wildman–Crippen MR) is 65.1 cm³/mol. The number of hydrogen-bond acceptors (Lipinski definition) is 2. The maximum atomic E-state index is 3.68. The molecule has 0 bridgehead atoms. The van der Waals surface area contributed by atoms with Crippen molar-refractivity contribution in [3.05, 3.63) is 0 Å². The van der Waals surface area contributed by atoms with Gasteiger partial charge in [-0.25, -0.2) is 0 Å². The Balaban J connectivity index is 1.95. The van der Waals surface area contributed by atoms with Gasteiger partial charge in [0.05, 0.1) is 0 Å². The fourth-order valence-corrected chi connectivity index (χ4v) is 3.41. The third-order valence-corrected chi connectivity index (χ3v) is 3.83. The van der Waals surface area contributed by atoms with Crippen LogP contribution in [0.3, 0.4) is 0 Å². The number of hydrogen-bond donors (Lipinski definition) is 1. The molecule has 0 aromatic carbocycles. The lowest BCUT2D eigenvalue weighted by Crippen LogP contribution is -2.63. The van der Waals surface area contributed by atoms with E-state index in [1.165, 1.54) is 45.2 Å². The predicted octanol–water partition coefficient (Wildman–Crippen LogP) is 2.39. The molecule has 2 fully saturated rings. The number of rotatable bonds is 1. The molecule has 0 spiro atoms. The molecule has 1 aliphatic heterocycles. The second-order valence-electron chi connectivity index (χ2n) is 6.15. The van der Waals surface area contributed by atoms with Gasteiger partial charge in [0.15, 0.2) is 0 Å². The summed E-state index contributed by atoms with van der Waals surface area (Å²) in [7, 11) is 0. The fraction of sp³-hybridized carbons (Fsp3) is 1.00. The molecule has 1 heterocycles. The molecule has 2 rings (SSSR count). The highest BCUT2D eigenvalue weighted by molar-refractivity contribution is 4.93. The van der Waals surface area contributed by atoms with Gasteiger partial charge in [-0.3, -0.25) is 4.90 Å². The average Bonchev–Trinajstić information content (AvgIpc) is 2.16. The van der Waals surface area contributed by atoms with Crippen molar-refractivity contribution < 1.29 is 0 Å². The summed E-state index contributed by atoms with van der Waals surface area (Å²) in [5.74, 6) is 0. The van der Waals surface area contributed by atoms with Crippen molar-refractivity contribution >= 4 is 0 Å². The molecule has 88 valence electrons. The van der Waals surface area contributed by atoms with E-state index < -0.39 is 0 Å². The van der Waals surface area contributed by atoms with Gasteiger partial charge < -0.3 is 5.32 Å². The molecule has 1 saturated carbocycles. The van der Waals surface area contributed by atoms with Crippen molar-refractivity contribution in [2.24, 2.45) is 0 Å². The lowest BCUT2D eigenvalue weighted by molar-refractivity contribution is 0.0661. The monoisotopic (exact) mass is 210 g/mol. The summed E-state index contributed by atoms with van der Waals surface area (Å²) < 4.78 is 0. The smallest absolute Gasteiger partial charge is 0.0255 e. The minimum atomic E-state index is 0.301. The van der Waals surface area contributed by atoms with Crippen molar-refractivity contribution in [3.63, 3.8) is 0 Å². The molecule has 1 saturated heterocycles. The van der Waals surface area contributed by atoms with E-state index >= 15 is 0 Å². The van der Waals surface area contributed by atoms with E-state index in [-0.39, 0.29) is 0 Å². The van der Waals surface area contributed by atoms with Crippen LogP contribution in [0, 0.1) is 0 Å². The van der Waals surface area contributed by atoms with Crippen LogP contribution in [0.1, 0.15) is 52.9 Å². The van der Waals surface area contributed by atoms with Crippen LogP contribution in [0.4, 0.5) is 0 Å². The van der Waals surface area contributed by atoms with Gasteiger partial charge in [0.25, 0.3) is 0 Å². The van der Waals surface area contributed by atoms with E-state index in [1.807, 2.05) is 0 Å². The van der Waals surface area contributed by atoms with Crippen molar-refractivity contribution in [3.8, 4) is 0 Å². The first kappa shape index (κ1) is 11.4. The Bertz CT molecular complexity index is 207. The highest BCUT2D eigenvalue weighted by Crippen LogP contribution is 2.26. The van der Waals surface area contributed by atoms with E-state index in [4.69, 9.17) is 0 Å². The lowest BCUT2D eigenvalue weighted by Gasteiger charge is -2.47. The second kappa shape index (κ2) is 4.42. The summed E-state index contributed by atoms with van der Waals surface area (Å²) in [6.07, 6.45) is 7.22. The third-order valence-electron chi connectivity index (χ3n) is 3.83. The summed E-state index contributed by atoms with van der Waals surface area (Å²) >= 11 is 0. The topological polar surface area (TPSA) is 15.3 Å². The Morgan fingerprint density at radius 2 is 1.80 bits per heavy atom. The van der Waals surface area contributed by atoms with Gasteiger partial charge >= 0.3 is 0 Å². The van der Waals surface area contributed by atoms with Crippen molar-refractivity contribution in [2.75, 3.05) is 13.1 Å². The van der Waals surface area contributed by atoms with Crippen LogP contribution in [-0.4, -0.2) is 35.6 Å². The fourth-order valence-electron chi connectivity index (χ4n) is 3.41. The molecule has 2 nitrogen and oxygen atoms in total. The van der Waals surface area contributed by atoms with Crippen molar-refractivity contribution in [1.29, 1.82) is 0 Å². The van der Waals surface area contributed by atoms with Gasteiger partial charge in [-0.15, -0.1) is 0 Å². The van der Waals surface area contributed by atoms with Crippen molar-refractivity contribution in [1.82, 2.24) is 10.2 Å². The highest BCUT2D eigenvalue weighted by Gasteiger charge is 2.33. The van der Waals surface area contributed by atoms with Crippen LogP contribution in [-0.2, 0) is 0 Å². The zero-order valence-corrected chi connectivity index (χ0v) is 10.6. The summed E-state index contributed by atoms with van der Waals surface area (Å²) in [5.41, 5.74) is 0.301. The number of piperazine rings is 1. The van der Waals surface area contributed by atoms with E-state index in [2.05, 4.69) is 31.0 Å². The van der Waals surface area contributed by atoms with Crippen LogP contribution in [0.15, 0.2) is 0 Å². The van der Waals surface area contributed by atoms with Gasteiger partial charge in [-0.05, 0) is 33.6 Å². The first-order valence-electron chi connectivity index (χ1n) is 6.58. The molecule has 0 amide bonds. The zero-order valence-electron chi connectivity index (χ0n) is 10.6. The minimum absolute atomic E-state index is 0.301. The number of nitrogens with one attached hydrogen (secondary N) is 1. The normalized spacial score (nSPS) is 34.2. The summed E-state index contributed by atoms with van der Waals surface area (Å²) in [6.45, 7) is 9.45. The van der Waals surface area contributed by atoms with Gasteiger partial charge in [-0.1, -0.05) is 19.3 Å². The molecule has 0 aromatic rings. The Labute approximate surface area is 94.4 Å². The van der Waals surface area contributed by atoms with E-state index in [0.717, 1.165) is 6.04 Å². The van der Waals surface area contributed by atoms with E-state index in [9.17, 15) is 0 Å². The lowest BCUT2D eigenvalue weighted by atomic mass is 9.90. The number of nitrogens with zero attached hydrogens (tertiary/aromatic N) is 1. The largest absolute Gasteiger partial charge is 0.307 e. The van der Waals surface area contributed by atoms with Gasteiger partial charge in [0.2, 0.25) is 0 Å². The average molecular weight is 210 g/mol. The quantitative estimate of drug-likeness (QED) is 0.715. The molecule has 0 aromatic heterocycles. The second-order valence-corrected chi connectivity index (χ2v) is 6.15. The summed E-state index contributed by atoms with van der Waals surface area (Å²) in [6, 6.07) is 1.53. The maximum absolute atomic E-state index is 3.68. The Kier molecular flexibility index (Phi) is 3.36. The molecule has 0 radical (unpaired) electrons. The maximum Gasteiger partial charge on any atom is 0.0255 e. The summed E-state index contributed by atoms with van der Waals surface area (Å²) in [5, 5.41) is 3.68. The Morgan fingerprint density at radius 3 is 2.40 bits per heavy atom. The van der Waals surface area contributed by atoms with E-state index in [0.29, 0.717) is 11.6 Å². The van der Waals surface area contributed by atoms with Crippen LogP contribution in [0.5, 0.6) is 0 Å². The van der Waals surface area contributed by atoms with Gasteiger partial charge in [0, 0.05) is 30.7 Å². The SMILES string of the molecule is CC1CN(C2CCCCC2)CC(C)(C)N1. The molecular formula is C13H26N2. The van der Waals surface area contributed by atoms with E-state index in [1.54, 1.807) is 0 Å². The molecule has 2 aliphatic rings. The molecule has 1 N–H and O–H groups in total. The summed E-state index contributed by atoms with van der Waals surface area (Å²) in [4.78, 5) is 2.74. The molecular weight excluding hydrogens is 184 g/mol. The Morgan fingerprint density at radius 1 is 1.13 bits per heavy atom. The minimum Gasteiger partial charge on any atom is -0.307 e. The van der Waals surface area contributed by atoms with Gasteiger partial charge in [0.1, 0.15) is 0 Å². The Hall–Kier alpha value is -0.0800. The van der Waals surface area contributed by atoms with Gasteiger partial charge in [-0.2, -0.15) is 0 Å². The molecule has 1 atom stereocenters. The zero-order chi connectivity index (χ0) is 10.9. The first-order valence-corrected chi connectivity index (χ1v) is 6.58. The first-order chi connectivity index (χ1) is 7.07. The molecule has 15 heavy (non-hydrogen) atoms. The molecule has 1 unspecified atom stereocenters. The van der Waals surface area contributed by atoms with Crippen LogP contribution >= 0.6 is 0 Å². The molecule has 1 aliphatic carbocycles. The third kappa shape index (κ3) is 2.94. The van der Waals surface area contributed by atoms with Crippen molar-refractivity contribution in [2.45, 2.75) is 70.5 Å². The van der Waals surface area contributed by atoms with Crippen LogP contribution < -0.4 is 5.32 Å². The standard InChI is InChI=1S/C13H26N2/c1-11-9-15(10-13(2,3)14-11)12-7-5-4-6-8-12/h11-12,14H,4-10H2,1-3H3. The van der Waals surface area contributed by atoms with Crippen LogP contribution in [0.25, 0.3) is 0 Å². The molecule has 2 heteroatoms. The highest BCUT2D eigenvalue weighted by atomic mass is 15.3.